The van der Waals surface area contributed by atoms with Crippen LogP contribution in [0.1, 0.15) is 29.7 Å². The quantitative estimate of drug-likeness (QED) is 0.521. The number of hydrogen-bond acceptors (Lipinski definition) is 6. The molecule has 1 unspecified atom stereocenters. The maximum Gasteiger partial charge on any atom is 0.153 e. The van der Waals surface area contributed by atoms with Crippen LogP contribution in [-0.4, -0.2) is 39.0 Å². The first-order valence-corrected chi connectivity index (χ1v) is 11.0. The molecule has 0 saturated heterocycles. The summed E-state index contributed by atoms with van der Waals surface area (Å²) in [6.45, 7) is 5.14. The summed E-state index contributed by atoms with van der Waals surface area (Å²) in [5.74, 6) is 2.57. The van der Waals surface area contributed by atoms with Gasteiger partial charge in [0.1, 0.15) is 23.8 Å². The molecular formula is C26H31N3O3. The number of rotatable bonds is 9. The molecule has 1 aromatic heterocycles. The summed E-state index contributed by atoms with van der Waals surface area (Å²) < 4.78 is 16.4. The molecule has 32 heavy (non-hydrogen) atoms. The number of hydrogen-bond donors (Lipinski definition) is 1. The zero-order chi connectivity index (χ0) is 22.3. The third-order valence-electron chi connectivity index (χ3n) is 5.78. The topological polar surface area (TPSA) is 55.9 Å². The van der Waals surface area contributed by atoms with Crippen LogP contribution in [0.25, 0.3) is 0 Å². The van der Waals surface area contributed by atoms with Gasteiger partial charge in [0.05, 0.1) is 26.3 Å². The van der Waals surface area contributed by atoms with E-state index in [-0.39, 0.29) is 6.04 Å². The number of fused-ring (bicyclic) bond motifs is 1. The Kier molecular flexibility index (Phi) is 7.12. The number of nitrogens with zero attached hydrogens (tertiary/aromatic N) is 2. The standard InChI is InChI=1S/C26H31N3O3/c1-19(22-8-4-20(5-9-22)13-16-30-2)28-26-25-24(12-14-27-26)32-17-15-29(25)18-21-6-10-23(31-3)11-7-21/h4-12,14,19H,13,15-18H2,1-3H3,(H,27,28). The van der Waals surface area contributed by atoms with Crippen molar-refractivity contribution in [3.63, 3.8) is 0 Å². The van der Waals surface area contributed by atoms with Gasteiger partial charge in [-0.15, -0.1) is 0 Å². The molecule has 1 atom stereocenters. The van der Waals surface area contributed by atoms with Gasteiger partial charge >= 0.3 is 0 Å². The lowest BCUT2D eigenvalue weighted by Crippen LogP contribution is -2.33. The van der Waals surface area contributed by atoms with Crippen LogP contribution in [0.15, 0.2) is 60.8 Å². The van der Waals surface area contributed by atoms with Crippen LogP contribution in [0.2, 0.25) is 0 Å². The predicted molar refractivity (Wildman–Crippen MR) is 128 cm³/mol. The fraction of sp³-hybridized carbons (Fsp3) is 0.346. The molecule has 2 aromatic carbocycles. The molecule has 1 N–H and O–H groups in total. The minimum atomic E-state index is 0.107. The maximum atomic E-state index is 5.96. The summed E-state index contributed by atoms with van der Waals surface area (Å²) >= 11 is 0. The average molecular weight is 434 g/mol. The van der Waals surface area contributed by atoms with E-state index in [2.05, 4.69) is 58.5 Å². The first kappa shape index (κ1) is 22.0. The molecule has 0 saturated carbocycles. The predicted octanol–water partition coefficient (Wildman–Crippen LogP) is 4.85. The summed E-state index contributed by atoms with van der Waals surface area (Å²) in [5.41, 5.74) is 4.72. The van der Waals surface area contributed by atoms with Crippen LogP contribution in [0, 0.1) is 0 Å². The van der Waals surface area contributed by atoms with Gasteiger partial charge in [0.2, 0.25) is 0 Å². The zero-order valence-corrected chi connectivity index (χ0v) is 19.0. The van der Waals surface area contributed by atoms with Gasteiger partial charge in [-0.05, 0) is 42.2 Å². The molecule has 0 fully saturated rings. The first-order valence-electron chi connectivity index (χ1n) is 11.0. The van der Waals surface area contributed by atoms with E-state index >= 15 is 0 Å². The Balaban J connectivity index is 1.52. The number of ether oxygens (including phenoxy) is 3. The van der Waals surface area contributed by atoms with Crippen molar-refractivity contribution in [3.8, 4) is 11.5 Å². The van der Waals surface area contributed by atoms with Gasteiger partial charge < -0.3 is 24.4 Å². The first-order chi connectivity index (χ1) is 15.7. The monoisotopic (exact) mass is 433 g/mol. The van der Waals surface area contributed by atoms with Crippen molar-refractivity contribution < 1.29 is 14.2 Å². The summed E-state index contributed by atoms with van der Waals surface area (Å²) in [5, 5.41) is 3.61. The highest BCUT2D eigenvalue weighted by atomic mass is 16.5. The van der Waals surface area contributed by atoms with Gasteiger partial charge in [-0.1, -0.05) is 36.4 Å². The second kappa shape index (κ2) is 10.4. The fourth-order valence-electron chi connectivity index (χ4n) is 3.93. The van der Waals surface area contributed by atoms with E-state index in [4.69, 9.17) is 14.2 Å². The Morgan fingerprint density at radius 1 is 1.03 bits per heavy atom. The molecule has 0 bridgehead atoms. The summed E-state index contributed by atoms with van der Waals surface area (Å²) in [7, 11) is 3.42. The third-order valence-corrected chi connectivity index (χ3v) is 5.78. The molecule has 0 amide bonds. The molecule has 168 valence electrons. The Labute approximate surface area is 190 Å². The average Bonchev–Trinajstić information content (AvgIpc) is 2.84. The van der Waals surface area contributed by atoms with Gasteiger partial charge in [0.25, 0.3) is 0 Å². The van der Waals surface area contributed by atoms with Crippen molar-refractivity contribution in [2.45, 2.75) is 25.9 Å². The van der Waals surface area contributed by atoms with E-state index in [0.29, 0.717) is 6.61 Å². The number of aromatic nitrogens is 1. The van der Waals surface area contributed by atoms with Crippen LogP contribution >= 0.6 is 0 Å². The molecule has 1 aliphatic heterocycles. The Hall–Kier alpha value is -3.25. The Morgan fingerprint density at radius 3 is 2.50 bits per heavy atom. The number of methoxy groups -OCH3 is 2. The van der Waals surface area contributed by atoms with E-state index in [9.17, 15) is 0 Å². The summed E-state index contributed by atoms with van der Waals surface area (Å²) in [4.78, 5) is 7.00. The highest BCUT2D eigenvalue weighted by Gasteiger charge is 2.24. The van der Waals surface area contributed by atoms with Crippen molar-refractivity contribution in [1.82, 2.24) is 4.98 Å². The third kappa shape index (κ3) is 5.14. The van der Waals surface area contributed by atoms with E-state index in [1.807, 2.05) is 18.2 Å². The minimum Gasteiger partial charge on any atom is -0.497 e. The number of nitrogens with one attached hydrogen (secondary N) is 1. The second-order valence-electron chi connectivity index (χ2n) is 7.97. The summed E-state index contributed by atoms with van der Waals surface area (Å²) in [6.07, 6.45) is 2.72. The molecule has 6 nitrogen and oxygen atoms in total. The molecule has 0 radical (unpaired) electrons. The normalized spacial score (nSPS) is 13.8. The number of pyridine rings is 1. The molecule has 4 rings (SSSR count). The van der Waals surface area contributed by atoms with E-state index < -0.39 is 0 Å². The van der Waals surface area contributed by atoms with Crippen LogP contribution in [0.4, 0.5) is 11.5 Å². The van der Waals surface area contributed by atoms with Gasteiger partial charge in [-0.2, -0.15) is 0 Å². The molecule has 3 aromatic rings. The lowest BCUT2D eigenvalue weighted by molar-refractivity contribution is 0.202. The molecule has 2 heterocycles. The Bertz CT molecular complexity index is 1010. The van der Waals surface area contributed by atoms with Crippen molar-refractivity contribution >= 4 is 11.5 Å². The van der Waals surface area contributed by atoms with E-state index in [1.54, 1.807) is 20.4 Å². The van der Waals surface area contributed by atoms with Crippen LogP contribution in [-0.2, 0) is 17.7 Å². The SMILES string of the molecule is COCCc1ccc(C(C)Nc2nccc3c2N(Cc2ccc(OC)cc2)CCO3)cc1. The lowest BCUT2D eigenvalue weighted by atomic mass is 10.0. The van der Waals surface area contributed by atoms with Gasteiger partial charge in [0, 0.05) is 25.9 Å². The molecule has 1 aliphatic rings. The molecule has 6 heteroatoms. The highest BCUT2D eigenvalue weighted by Crippen LogP contribution is 2.39. The van der Waals surface area contributed by atoms with Crippen LogP contribution in [0.3, 0.4) is 0 Å². The van der Waals surface area contributed by atoms with Crippen molar-refractivity contribution in [1.29, 1.82) is 0 Å². The van der Waals surface area contributed by atoms with Crippen molar-refractivity contribution in [2.24, 2.45) is 0 Å². The van der Waals surface area contributed by atoms with Crippen molar-refractivity contribution in [3.05, 3.63) is 77.5 Å². The lowest BCUT2D eigenvalue weighted by Gasteiger charge is -2.33. The zero-order valence-electron chi connectivity index (χ0n) is 19.0. The fourth-order valence-corrected chi connectivity index (χ4v) is 3.93. The van der Waals surface area contributed by atoms with Gasteiger partial charge in [-0.25, -0.2) is 4.98 Å². The van der Waals surface area contributed by atoms with Gasteiger partial charge in [0.15, 0.2) is 5.82 Å². The van der Waals surface area contributed by atoms with E-state index in [0.717, 1.165) is 49.1 Å². The molecule has 0 aliphatic carbocycles. The second-order valence-corrected chi connectivity index (χ2v) is 7.97. The van der Waals surface area contributed by atoms with Crippen LogP contribution < -0.4 is 19.7 Å². The summed E-state index contributed by atoms with van der Waals surface area (Å²) in [6, 6.07) is 18.9. The minimum absolute atomic E-state index is 0.107. The number of benzene rings is 2. The smallest absolute Gasteiger partial charge is 0.153 e. The highest BCUT2D eigenvalue weighted by molar-refractivity contribution is 5.74. The largest absolute Gasteiger partial charge is 0.497 e. The van der Waals surface area contributed by atoms with Crippen molar-refractivity contribution in [2.75, 3.05) is 44.2 Å². The number of anilines is 2. The van der Waals surface area contributed by atoms with Crippen LogP contribution in [0.5, 0.6) is 11.5 Å². The molecule has 0 spiro atoms. The maximum absolute atomic E-state index is 5.96. The van der Waals surface area contributed by atoms with E-state index in [1.165, 1.54) is 16.7 Å². The molecular weight excluding hydrogens is 402 g/mol. The Morgan fingerprint density at radius 2 is 1.78 bits per heavy atom. The van der Waals surface area contributed by atoms with Gasteiger partial charge in [-0.3, -0.25) is 0 Å².